The third-order valence-electron chi connectivity index (χ3n) is 7.48. The number of carboxylic acid groups (broad SMARTS) is 1. The lowest BCUT2D eigenvalue weighted by molar-refractivity contribution is -0.146. The van der Waals surface area contributed by atoms with Crippen molar-refractivity contribution in [3.8, 4) is 5.75 Å². The molecule has 2 aliphatic heterocycles. The number of aliphatic imine (C=N–C) groups is 1. The Morgan fingerprint density at radius 1 is 1.03 bits per heavy atom. The maximum absolute atomic E-state index is 13.8. The molecule has 3 unspecified atom stereocenters. The van der Waals surface area contributed by atoms with Crippen LogP contribution in [0.25, 0.3) is 0 Å². The van der Waals surface area contributed by atoms with E-state index in [0.717, 1.165) is 29.5 Å². The minimum absolute atomic E-state index is 0.0808. The molecular weight excluding hydrogens is 460 g/mol. The number of rotatable bonds is 6. The van der Waals surface area contributed by atoms with Crippen molar-refractivity contribution in [1.29, 1.82) is 0 Å². The number of hydrogen-bond donors (Lipinski definition) is 2. The lowest BCUT2D eigenvalue weighted by Gasteiger charge is -2.35. The molecule has 0 spiro atoms. The standard InChI is InChI=1S/C28H28N2O6/c1-35-19-12-8-16(9-13-19)23-22-20(25(30-23)27(33)34)15-29-24(26(22)32)17-6-10-18(11-7-17)28(36-2)14-4-3-5-21(28)31/h6-13,23-24,29H,3-5,14-15H2,1-2H3,(H,33,34). The first-order chi connectivity index (χ1) is 17.4. The van der Waals surface area contributed by atoms with Gasteiger partial charge in [-0.1, -0.05) is 36.4 Å². The highest BCUT2D eigenvalue weighted by molar-refractivity contribution is 6.45. The van der Waals surface area contributed by atoms with Crippen LogP contribution in [-0.2, 0) is 24.7 Å². The predicted octanol–water partition coefficient (Wildman–Crippen LogP) is 3.47. The molecule has 0 bridgehead atoms. The molecule has 3 atom stereocenters. The number of Topliss-reactive ketones (excluding diaryl/α,β-unsaturated/α-hetero) is 2. The first-order valence-corrected chi connectivity index (χ1v) is 12.0. The van der Waals surface area contributed by atoms with Gasteiger partial charge in [0.05, 0.1) is 13.2 Å². The molecule has 2 aromatic carbocycles. The molecule has 186 valence electrons. The van der Waals surface area contributed by atoms with Crippen molar-refractivity contribution in [1.82, 2.24) is 5.32 Å². The number of methoxy groups -OCH3 is 2. The summed E-state index contributed by atoms with van der Waals surface area (Å²) in [5.74, 6) is -0.622. The van der Waals surface area contributed by atoms with E-state index in [2.05, 4.69) is 10.3 Å². The molecule has 36 heavy (non-hydrogen) atoms. The first-order valence-electron chi connectivity index (χ1n) is 12.0. The lowest BCUT2D eigenvalue weighted by Crippen LogP contribution is -2.41. The third kappa shape index (κ3) is 3.86. The zero-order chi connectivity index (χ0) is 25.4. The van der Waals surface area contributed by atoms with E-state index >= 15 is 0 Å². The van der Waals surface area contributed by atoms with Gasteiger partial charge < -0.3 is 14.6 Å². The molecule has 2 N–H and O–H groups in total. The summed E-state index contributed by atoms with van der Waals surface area (Å²) in [4.78, 5) is 42.8. The molecule has 3 aliphatic rings. The van der Waals surface area contributed by atoms with Crippen LogP contribution in [0.1, 0.15) is 54.5 Å². The molecule has 0 amide bonds. The van der Waals surface area contributed by atoms with Gasteiger partial charge in [-0.3, -0.25) is 19.9 Å². The maximum atomic E-state index is 13.8. The molecule has 2 aromatic rings. The van der Waals surface area contributed by atoms with E-state index in [1.165, 1.54) is 0 Å². The Bertz CT molecular complexity index is 1280. The van der Waals surface area contributed by atoms with Gasteiger partial charge in [-0.05, 0) is 48.1 Å². The van der Waals surface area contributed by atoms with Crippen LogP contribution in [0.15, 0.2) is 64.7 Å². The number of hydrogen-bond acceptors (Lipinski definition) is 7. The smallest absolute Gasteiger partial charge is 0.354 e. The van der Waals surface area contributed by atoms with Crippen molar-refractivity contribution < 1.29 is 29.0 Å². The monoisotopic (exact) mass is 488 g/mol. The van der Waals surface area contributed by atoms with Crippen LogP contribution in [0, 0.1) is 0 Å². The number of ketones is 2. The van der Waals surface area contributed by atoms with Gasteiger partial charge in [0.25, 0.3) is 0 Å². The third-order valence-corrected chi connectivity index (χ3v) is 7.48. The molecule has 1 aliphatic carbocycles. The topological polar surface area (TPSA) is 114 Å². The fourth-order valence-electron chi connectivity index (χ4n) is 5.54. The van der Waals surface area contributed by atoms with Gasteiger partial charge >= 0.3 is 5.97 Å². The Balaban J connectivity index is 1.46. The van der Waals surface area contributed by atoms with Crippen molar-refractivity contribution in [2.24, 2.45) is 4.99 Å². The summed E-state index contributed by atoms with van der Waals surface area (Å²) >= 11 is 0. The highest BCUT2D eigenvalue weighted by atomic mass is 16.5. The van der Waals surface area contributed by atoms with Crippen LogP contribution in [-0.4, -0.2) is 49.1 Å². The number of aliphatic carboxylic acids is 1. The van der Waals surface area contributed by atoms with E-state index in [0.29, 0.717) is 29.7 Å². The summed E-state index contributed by atoms with van der Waals surface area (Å²) in [6.07, 6.45) is 2.92. The summed E-state index contributed by atoms with van der Waals surface area (Å²) in [7, 11) is 3.13. The fourth-order valence-corrected chi connectivity index (χ4v) is 5.54. The van der Waals surface area contributed by atoms with Gasteiger partial charge in [-0.15, -0.1) is 0 Å². The van der Waals surface area contributed by atoms with E-state index in [9.17, 15) is 19.5 Å². The molecule has 0 aromatic heterocycles. The highest BCUT2D eigenvalue weighted by Crippen LogP contribution is 2.42. The quantitative estimate of drug-likeness (QED) is 0.640. The van der Waals surface area contributed by atoms with E-state index in [1.54, 1.807) is 38.5 Å². The van der Waals surface area contributed by atoms with Crippen LogP contribution in [0.3, 0.4) is 0 Å². The molecule has 8 heteroatoms. The van der Waals surface area contributed by atoms with E-state index in [1.807, 2.05) is 24.3 Å². The predicted molar refractivity (Wildman–Crippen MR) is 132 cm³/mol. The summed E-state index contributed by atoms with van der Waals surface area (Å²) in [6.45, 7) is 0.214. The van der Waals surface area contributed by atoms with Crippen LogP contribution in [0.2, 0.25) is 0 Å². The molecular formula is C28H28N2O6. The minimum atomic E-state index is -1.15. The number of nitrogens with zero attached hydrogens (tertiary/aromatic N) is 1. The van der Waals surface area contributed by atoms with Crippen LogP contribution >= 0.6 is 0 Å². The second-order valence-electron chi connectivity index (χ2n) is 9.31. The Hall–Kier alpha value is -3.62. The van der Waals surface area contributed by atoms with Crippen molar-refractivity contribution in [2.45, 2.75) is 43.4 Å². The second kappa shape index (κ2) is 9.44. The zero-order valence-electron chi connectivity index (χ0n) is 20.2. The number of carboxylic acids is 1. The van der Waals surface area contributed by atoms with E-state index in [4.69, 9.17) is 9.47 Å². The normalized spacial score (nSPS) is 26.0. The van der Waals surface area contributed by atoms with Gasteiger partial charge in [0, 0.05) is 31.2 Å². The number of nitrogens with one attached hydrogen (secondary N) is 1. The number of ether oxygens (including phenoxy) is 2. The van der Waals surface area contributed by atoms with Crippen LogP contribution < -0.4 is 10.1 Å². The van der Waals surface area contributed by atoms with Crippen molar-refractivity contribution in [3.63, 3.8) is 0 Å². The van der Waals surface area contributed by atoms with E-state index in [-0.39, 0.29) is 23.8 Å². The average molecular weight is 489 g/mol. The van der Waals surface area contributed by atoms with E-state index < -0.39 is 23.7 Å². The zero-order valence-corrected chi connectivity index (χ0v) is 20.2. The summed E-state index contributed by atoms with van der Waals surface area (Å²) in [6, 6.07) is 13.2. The molecule has 1 fully saturated rings. The summed E-state index contributed by atoms with van der Waals surface area (Å²) in [5, 5.41) is 12.9. The molecule has 0 saturated heterocycles. The van der Waals surface area contributed by atoms with Gasteiger partial charge in [0.2, 0.25) is 0 Å². The fraction of sp³-hybridized carbons (Fsp3) is 0.357. The molecule has 8 nitrogen and oxygen atoms in total. The SMILES string of the molecule is COc1ccc(C2N=C(C(=O)O)C3=C2C(=O)C(c2ccc(C4(OC)CCCCC4=O)cc2)NC3)cc1. The largest absolute Gasteiger partial charge is 0.497 e. The Labute approximate surface area is 209 Å². The highest BCUT2D eigenvalue weighted by Gasteiger charge is 2.44. The van der Waals surface area contributed by atoms with Crippen molar-refractivity contribution in [3.05, 3.63) is 76.4 Å². The minimum Gasteiger partial charge on any atom is -0.497 e. The Morgan fingerprint density at radius 2 is 1.72 bits per heavy atom. The lowest BCUT2D eigenvalue weighted by atomic mass is 9.77. The van der Waals surface area contributed by atoms with Gasteiger partial charge in [0.1, 0.15) is 17.5 Å². The van der Waals surface area contributed by atoms with Crippen molar-refractivity contribution in [2.75, 3.05) is 20.8 Å². The summed E-state index contributed by atoms with van der Waals surface area (Å²) in [5.41, 5.74) is 2.05. The van der Waals surface area contributed by atoms with Gasteiger partial charge in [-0.25, -0.2) is 4.79 Å². The molecule has 0 radical (unpaired) electrons. The van der Waals surface area contributed by atoms with Gasteiger partial charge in [0.15, 0.2) is 17.2 Å². The van der Waals surface area contributed by atoms with Gasteiger partial charge in [-0.2, -0.15) is 0 Å². The Kier molecular flexibility index (Phi) is 6.32. The van der Waals surface area contributed by atoms with Crippen molar-refractivity contribution >= 4 is 23.2 Å². The molecule has 1 saturated carbocycles. The Morgan fingerprint density at radius 3 is 2.33 bits per heavy atom. The van der Waals surface area contributed by atoms with Crippen LogP contribution in [0.4, 0.5) is 0 Å². The summed E-state index contributed by atoms with van der Waals surface area (Å²) < 4.78 is 11.0. The average Bonchev–Trinajstić information content (AvgIpc) is 3.31. The first kappa shape index (κ1) is 24.1. The second-order valence-corrected chi connectivity index (χ2v) is 9.31. The molecule has 5 rings (SSSR count). The van der Waals surface area contributed by atoms with Crippen LogP contribution in [0.5, 0.6) is 5.75 Å². The number of carbonyl (C=O) groups excluding carboxylic acids is 2. The number of carbonyl (C=O) groups is 3. The molecule has 2 heterocycles. The number of benzene rings is 2. The maximum Gasteiger partial charge on any atom is 0.354 e.